The van der Waals surface area contributed by atoms with Gasteiger partial charge in [0, 0.05) is 23.6 Å². The fourth-order valence-electron chi connectivity index (χ4n) is 4.59. The lowest BCUT2D eigenvalue weighted by atomic mass is 9.75. The minimum absolute atomic E-state index is 0.0923. The Labute approximate surface area is 199 Å². The minimum atomic E-state index is -0.890. The molecule has 4 aromatic rings. The van der Waals surface area contributed by atoms with Crippen molar-refractivity contribution < 1.29 is 14.5 Å². The molecule has 0 saturated carbocycles. The maximum Gasteiger partial charge on any atom is 0.269 e. The first kappa shape index (κ1) is 21.9. The minimum Gasteiger partial charge on any atom is -0.497 e. The Bertz CT molecular complexity index is 1550. The number of aromatic nitrogens is 2. The monoisotopic (exact) mass is 465 g/mol. The average Bonchev–Trinajstić information content (AvgIpc) is 3.28. The van der Waals surface area contributed by atoms with Crippen LogP contribution in [0.25, 0.3) is 16.9 Å². The van der Waals surface area contributed by atoms with Gasteiger partial charge in [-0.1, -0.05) is 24.3 Å². The maximum absolute atomic E-state index is 14.0. The Kier molecular flexibility index (Phi) is 5.26. The second-order valence-corrected chi connectivity index (χ2v) is 8.10. The van der Waals surface area contributed by atoms with Crippen LogP contribution in [0.5, 0.6) is 5.75 Å². The zero-order valence-corrected chi connectivity index (χ0v) is 18.6. The number of nitrogens with zero attached hydrogens (tertiary/aromatic N) is 4. The Morgan fingerprint density at radius 2 is 1.80 bits per heavy atom. The zero-order valence-electron chi connectivity index (χ0n) is 18.6. The lowest BCUT2D eigenvalue weighted by molar-refractivity contribution is -0.384. The van der Waals surface area contributed by atoms with E-state index in [1.165, 1.54) is 19.2 Å². The standard InChI is InChI=1S/C26H19N5O4/c1-35-18-12-8-16(9-13-18)24(32)23-22(15-6-10-17(11-7-15)31(33)34)19(14-27)25(28)30-21-5-3-2-4-20(21)29-26(23)30/h2-13,22-23H,28H2,1H3/t22-,23+/m0/s1. The quantitative estimate of drug-likeness (QED) is 0.262. The van der Waals surface area contributed by atoms with Gasteiger partial charge in [0.15, 0.2) is 5.78 Å². The van der Waals surface area contributed by atoms with E-state index in [0.717, 1.165) is 0 Å². The number of methoxy groups -OCH3 is 1. The van der Waals surface area contributed by atoms with Crippen molar-refractivity contribution in [2.75, 3.05) is 7.11 Å². The molecule has 9 nitrogen and oxygen atoms in total. The molecule has 2 atom stereocenters. The highest BCUT2D eigenvalue weighted by Crippen LogP contribution is 2.46. The first-order valence-electron chi connectivity index (χ1n) is 10.7. The molecular weight excluding hydrogens is 446 g/mol. The van der Waals surface area contributed by atoms with E-state index in [1.807, 2.05) is 24.3 Å². The van der Waals surface area contributed by atoms with Crippen molar-refractivity contribution in [3.63, 3.8) is 0 Å². The number of carbonyl (C=O) groups excluding carboxylic acids is 1. The molecule has 0 spiro atoms. The van der Waals surface area contributed by atoms with E-state index in [9.17, 15) is 20.2 Å². The second-order valence-electron chi connectivity index (χ2n) is 8.10. The van der Waals surface area contributed by atoms with Gasteiger partial charge in [-0.2, -0.15) is 5.26 Å². The van der Waals surface area contributed by atoms with E-state index in [0.29, 0.717) is 33.7 Å². The number of carbonyl (C=O) groups is 1. The Morgan fingerprint density at radius 3 is 2.43 bits per heavy atom. The van der Waals surface area contributed by atoms with Gasteiger partial charge in [-0.15, -0.1) is 0 Å². The molecule has 172 valence electrons. The van der Waals surface area contributed by atoms with Crippen molar-refractivity contribution in [3.8, 4) is 11.8 Å². The molecule has 0 unspecified atom stereocenters. The summed E-state index contributed by atoms with van der Waals surface area (Å²) in [5.74, 6) is -0.733. The Balaban J connectivity index is 1.76. The van der Waals surface area contributed by atoms with Gasteiger partial charge < -0.3 is 10.5 Å². The number of allylic oxidation sites excluding steroid dienone is 1. The van der Waals surface area contributed by atoms with Crippen LogP contribution >= 0.6 is 0 Å². The van der Waals surface area contributed by atoms with Crippen LogP contribution in [0, 0.1) is 21.4 Å². The number of nitro benzene ring substituents is 1. The number of para-hydroxylation sites is 2. The van der Waals surface area contributed by atoms with E-state index < -0.39 is 16.8 Å². The van der Waals surface area contributed by atoms with Crippen LogP contribution < -0.4 is 10.5 Å². The van der Waals surface area contributed by atoms with Gasteiger partial charge in [0.1, 0.15) is 17.4 Å². The largest absolute Gasteiger partial charge is 0.497 e. The van der Waals surface area contributed by atoms with Gasteiger partial charge in [0.25, 0.3) is 5.69 Å². The van der Waals surface area contributed by atoms with E-state index in [2.05, 4.69) is 6.07 Å². The molecule has 0 saturated heterocycles. The molecule has 1 aliphatic heterocycles. The molecule has 3 aromatic carbocycles. The van der Waals surface area contributed by atoms with Crippen LogP contribution in [0.15, 0.2) is 78.4 Å². The van der Waals surface area contributed by atoms with E-state index in [-0.39, 0.29) is 22.9 Å². The maximum atomic E-state index is 14.0. The van der Waals surface area contributed by atoms with Gasteiger partial charge in [-0.25, -0.2) is 4.98 Å². The number of non-ortho nitro benzene ring substituents is 1. The smallest absolute Gasteiger partial charge is 0.269 e. The number of rotatable bonds is 5. The highest BCUT2D eigenvalue weighted by atomic mass is 16.6. The number of imidazole rings is 1. The third-order valence-corrected chi connectivity index (χ3v) is 6.27. The van der Waals surface area contributed by atoms with Crippen molar-refractivity contribution in [1.29, 1.82) is 5.26 Å². The van der Waals surface area contributed by atoms with Gasteiger partial charge in [-0.3, -0.25) is 19.5 Å². The molecular formula is C26H19N5O4. The summed E-state index contributed by atoms with van der Waals surface area (Å²) in [6.45, 7) is 0. The number of nitriles is 1. The van der Waals surface area contributed by atoms with Crippen LogP contribution in [-0.2, 0) is 0 Å². The summed E-state index contributed by atoms with van der Waals surface area (Å²) in [6.07, 6.45) is 0. The van der Waals surface area contributed by atoms with Crippen LogP contribution in [0.1, 0.15) is 33.6 Å². The number of ketones is 1. The molecule has 0 radical (unpaired) electrons. The van der Waals surface area contributed by atoms with Crippen LogP contribution in [0.4, 0.5) is 5.69 Å². The average molecular weight is 465 g/mol. The van der Waals surface area contributed by atoms with Crippen molar-refractivity contribution in [1.82, 2.24) is 9.55 Å². The highest BCUT2D eigenvalue weighted by Gasteiger charge is 2.43. The number of fused-ring (bicyclic) bond motifs is 3. The number of nitro groups is 1. The summed E-state index contributed by atoms with van der Waals surface area (Å²) in [5.41, 5.74) is 8.90. The SMILES string of the molecule is COc1ccc(C(=O)[C@@H]2c3nc4ccccc4n3C(N)=C(C#N)[C@@H]2c2ccc([N+](=O)[O-])cc2)cc1. The van der Waals surface area contributed by atoms with Crippen molar-refractivity contribution in [2.24, 2.45) is 5.73 Å². The summed E-state index contributed by atoms with van der Waals surface area (Å²) in [4.78, 5) is 29.4. The molecule has 1 aromatic heterocycles. The summed E-state index contributed by atoms with van der Waals surface area (Å²) in [5, 5.41) is 21.3. The molecule has 0 bridgehead atoms. The van der Waals surface area contributed by atoms with Gasteiger partial charge in [0.2, 0.25) is 0 Å². The van der Waals surface area contributed by atoms with E-state index in [4.69, 9.17) is 15.5 Å². The number of ether oxygens (including phenoxy) is 1. The first-order valence-corrected chi connectivity index (χ1v) is 10.7. The van der Waals surface area contributed by atoms with Gasteiger partial charge in [0.05, 0.1) is 40.6 Å². The Morgan fingerprint density at radius 1 is 1.11 bits per heavy atom. The molecule has 2 N–H and O–H groups in total. The van der Waals surface area contributed by atoms with Crippen LogP contribution in [0.2, 0.25) is 0 Å². The van der Waals surface area contributed by atoms with Crippen LogP contribution in [-0.4, -0.2) is 27.4 Å². The lowest BCUT2D eigenvalue weighted by Crippen LogP contribution is -2.32. The highest BCUT2D eigenvalue weighted by molar-refractivity contribution is 6.03. The van der Waals surface area contributed by atoms with E-state index >= 15 is 0 Å². The summed E-state index contributed by atoms with van der Waals surface area (Å²) < 4.78 is 6.86. The fourth-order valence-corrected chi connectivity index (χ4v) is 4.59. The molecule has 35 heavy (non-hydrogen) atoms. The van der Waals surface area contributed by atoms with Crippen molar-refractivity contribution >= 4 is 28.3 Å². The third-order valence-electron chi connectivity index (χ3n) is 6.27. The van der Waals surface area contributed by atoms with Crippen molar-refractivity contribution in [3.05, 3.63) is 105 Å². The normalized spacial score (nSPS) is 17.0. The summed E-state index contributed by atoms with van der Waals surface area (Å²) in [7, 11) is 1.54. The molecule has 1 aliphatic rings. The Hall–Kier alpha value is -4.97. The number of hydrogen-bond acceptors (Lipinski definition) is 7. The number of hydrogen-bond donors (Lipinski definition) is 1. The second kappa shape index (κ2) is 8.43. The zero-order chi connectivity index (χ0) is 24.7. The van der Waals surface area contributed by atoms with Crippen molar-refractivity contribution in [2.45, 2.75) is 11.8 Å². The van der Waals surface area contributed by atoms with E-state index in [1.54, 1.807) is 41.0 Å². The summed E-state index contributed by atoms with van der Waals surface area (Å²) in [6, 6.07) is 22.0. The predicted octanol–water partition coefficient (Wildman–Crippen LogP) is 4.37. The van der Waals surface area contributed by atoms with Gasteiger partial charge in [-0.05, 0) is 42.0 Å². The summed E-state index contributed by atoms with van der Waals surface area (Å²) >= 11 is 0. The number of Topliss-reactive ketones (excluding diaryl/α,β-unsaturated/α-hetero) is 1. The fraction of sp³-hybridized carbons (Fsp3) is 0.115. The molecule has 0 amide bonds. The topological polar surface area (TPSA) is 137 Å². The molecule has 9 heteroatoms. The number of benzene rings is 3. The lowest BCUT2D eigenvalue weighted by Gasteiger charge is -2.32. The number of nitrogens with two attached hydrogens (primary N) is 1. The molecule has 0 fully saturated rings. The van der Waals surface area contributed by atoms with Gasteiger partial charge >= 0.3 is 0 Å². The predicted molar refractivity (Wildman–Crippen MR) is 129 cm³/mol. The first-order chi connectivity index (χ1) is 16.9. The third kappa shape index (κ3) is 3.48. The molecule has 0 aliphatic carbocycles. The molecule has 5 rings (SSSR count). The van der Waals surface area contributed by atoms with Crippen LogP contribution in [0.3, 0.4) is 0 Å². The molecule has 2 heterocycles.